The zero-order chi connectivity index (χ0) is 25.2. The number of ether oxygens (including phenoxy) is 3. The molecule has 0 spiro atoms. The molecule has 3 aromatic rings. The molecular formula is C25H22ClN3O6. The van der Waals surface area contributed by atoms with Gasteiger partial charge in [-0.15, -0.1) is 0 Å². The largest absolute Gasteiger partial charge is 0.497 e. The Kier molecular flexibility index (Phi) is 8.80. The molecule has 180 valence electrons. The summed E-state index contributed by atoms with van der Waals surface area (Å²) in [5.41, 5.74) is 3.64. The second kappa shape index (κ2) is 12.2. The van der Waals surface area contributed by atoms with Crippen LogP contribution in [0.4, 0.5) is 0 Å². The van der Waals surface area contributed by atoms with Gasteiger partial charge in [-0.25, -0.2) is 10.2 Å². The van der Waals surface area contributed by atoms with Crippen LogP contribution in [0.2, 0.25) is 5.02 Å². The van der Waals surface area contributed by atoms with E-state index < -0.39 is 17.8 Å². The van der Waals surface area contributed by atoms with Gasteiger partial charge in [0, 0.05) is 10.6 Å². The first-order valence-corrected chi connectivity index (χ1v) is 10.7. The first-order chi connectivity index (χ1) is 16.9. The number of carbonyl (C=O) groups is 3. The topological polar surface area (TPSA) is 115 Å². The number of halogens is 1. The number of hydrazone groups is 1. The molecule has 0 aromatic heterocycles. The number of nitrogens with zero attached hydrogens (tertiary/aromatic N) is 1. The molecule has 0 radical (unpaired) electrons. The van der Waals surface area contributed by atoms with Gasteiger partial charge in [-0.1, -0.05) is 11.6 Å². The van der Waals surface area contributed by atoms with Gasteiger partial charge in [0.05, 0.1) is 32.5 Å². The highest BCUT2D eigenvalue weighted by Gasteiger charge is 2.13. The van der Waals surface area contributed by atoms with Crippen molar-refractivity contribution >= 4 is 35.6 Å². The third-order valence-electron chi connectivity index (χ3n) is 4.63. The lowest BCUT2D eigenvalue weighted by atomic mass is 10.2. The Morgan fingerprint density at radius 1 is 0.886 bits per heavy atom. The molecule has 0 bridgehead atoms. The fourth-order valence-electron chi connectivity index (χ4n) is 2.82. The maximum atomic E-state index is 12.3. The second-order valence-corrected chi connectivity index (χ2v) is 7.45. The van der Waals surface area contributed by atoms with E-state index in [-0.39, 0.29) is 12.3 Å². The average molecular weight is 496 g/mol. The highest BCUT2D eigenvalue weighted by Crippen LogP contribution is 2.28. The second-order valence-electron chi connectivity index (χ2n) is 7.01. The molecule has 0 aliphatic rings. The van der Waals surface area contributed by atoms with Gasteiger partial charge in [0.1, 0.15) is 5.75 Å². The Morgan fingerprint density at radius 2 is 1.57 bits per heavy atom. The van der Waals surface area contributed by atoms with Crippen LogP contribution in [0, 0.1) is 0 Å². The summed E-state index contributed by atoms with van der Waals surface area (Å²) in [7, 11) is 2.96. The van der Waals surface area contributed by atoms with Gasteiger partial charge in [-0.2, -0.15) is 5.10 Å². The van der Waals surface area contributed by atoms with E-state index in [4.69, 9.17) is 25.8 Å². The van der Waals surface area contributed by atoms with Gasteiger partial charge in [0.2, 0.25) is 0 Å². The molecule has 0 saturated heterocycles. The van der Waals surface area contributed by atoms with E-state index in [1.807, 2.05) is 0 Å². The third kappa shape index (κ3) is 7.31. The number of methoxy groups -OCH3 is 2. The van der Waals surface area contributed by atoms with Crippen LogP contribution in [0.25, 0.3) is 0 Å². The smallest absolute Gasteiger partial charge is 0.343 e. The highest BCUT2D eigenvalue weighted by atomic mass is 35.5. The van der Waals surface area contributed by atoms with Crippen LogP contribution in [0.3, 0.4) is 0 Å². The predicted octanol–water partition coefficient (Wildman–Crippen LogP) is 3.46. The lowest BCUT2D eigenvalue weighted by Gasteiger charge is -2.10. The van der Waals surface area contributed by atoms with E-state index in [1.54, 1.807) is 66.7 Å². The maximum absolute atomic E-state index is 12.3. The molecule has 0 saturated carbocycles. The summed E-state index contributed by atoms with van der Waals surface area (Å²) in [6, 6.07) is 17.5. The van der Waals surface area contributed by atoms with Crippen molar-refractivity contribution in [1.82, 2.24) is 10.7 Å². The van der Waals surface area contributed by atoms with E-state index in [1.165, 1.54) is 20.4 Å². The standard InChI is InChI=1S/C25H22ClN3O6/c1-33-20-10-6-17(7-11-20)24(31)27-15-23(30)29-28-14-16-3-12-21(22(13-16)34-2)35-25(32)18-4-8-19(26)9-5-18/h3-14H,15H2,1-2H3,(H,27,31)(H,29,30)/b28-14-. The van der Waals surface area contributed by atoms with Crippen molar-refractivity contribution in [1.29, 1.82) is 0 Å². The number of hydrogen-bond acceptors (Lipinski definition) is 7. The van der Waals surface area contributed by atoms with Gasteiger partial charge in [-0.3, -0.25) is 9.59 Å². The summed E-state index contributed by atoms with van der Waals surface area (Å²) < 4.78 is 15.7. The Labute approximate surface area is 206 Å². The molecule has 0 fully saturated rings. The van der Waals surface area contributed by atoms with Crippen LogP contribution in [0.1, 0.15) is 26.3 Å². The average Bonchev–Trinajstić information content (AvgIpc) is 2.88. The SMILES string of the molecule is COc1ccc(C(=O)NCC(=O)N/N=C\c2ccc(OC(=O)c3ccc(Cl)cc3)c(OC)c2)cc1. The summed E-state index contributed by atoms with van der Waals surface area (Å²) >= 11 is 5.84. The predicted molar refractivity (Wildman–Crippen MR) is 130 cm³/mol. The minimum Gasteiger partial charge on any atom is -0.497 e. The number of hydrogen-bond donors (Lipinski definition) is 2. The Hall–Kier alpha value is -4.37. The fraction of sp³-hybridized carbons (Fsp3) is 0.120. The fourth-order valence-corrected chi connectivity index (χ4v) is 2.94. The molecule has 0 aliphatic carbocycles. The maximum Gasteiger partial charge on any atom is 0.343 e. The van der Waals surface area contributed by atoms with E-state index in [0.29, 0.717) is 33.2 Å². The van der Waals surface area contributed by atoms with E-state index in [0.717, 1.165) is 0 Å². The minimum absolute atomic E-state index is 0.217. The lowest BCUT2D eigenvalue weighted by Crippen LogP contribution is -2.34. The van der Waals surface area contributed by atoms with Crippen LogP contribution in [0.15, 0.2) is 71.8 Å². The number of nitrogens with one attached hydrogen (secondary N) is 2. The van der Waals surface area contributed by atoms with Crippen molar-refractivity contribution in [3.8, 4) is 17.2 Å². The first-order valence-electron chi connectivity index (χ1n) is 10.3. The van der Waals surface area contributed by atoms with Gasteiger partial charge in [0.25, 0.3) is 11.8 Å². The number of benzene rings is 3. The van der Waals surface area contributed by atoms with Crippen LogP contribution in [-0.4, -0.2) is 44.8 Å². The van der Waals surface area contributed by atoms with E-state index >= 15 is 0 Å². The lowest BCUT2D eigenvalue weighted by molar-refractivity contribution is -0.120. The zero-order valence-corrected chi connectivity index (χ0v) is 19.7. The molecule has 10 heteroatoms. The summed E-state index contributed by atoms with van der Waals surface area (Å²) in [5, 5.41) is 6.88. The summed E-state index contributed by atoms with van der Waals surface area (Å²) in [5.74, 6) is -0.337. The quantitative estimate of drug-likeness (QED) is 0.203. The highest BCUT2D eigenvalue weighted by molar-refractivity contribution is 6.30. The molecule has 0 aliphatic heterocycles. The number of carbonyl (C=O) groups excluding carboxylic acids is 3. The zero-order valence-electron chi connectivity index (χ0n) is 18.9. The molecule has 3 aromatic carbocycles. The normalized spacial score (nSPS) is 10.5. The van der Waals surface area contributed by atoms with E-state index in [9.17, 15) is 14.4 Å². The van der Waals surface area contributed by atoms with E-state index in [2.05, 4.69) is 15.8 Å². The van der Waals surface area contributed by atoms with Crippen LogP contribution in [-0.2, 0) is 4.79 Å². The molecule has 0 atom stereocenters. The van der Waals surface area contributed by atoms with Crippen LogP contribution >= 0.6 is 11.6 Å². The van der Waals surface area contributed by atoms with Gasteiger partial charge >= 0.3 is 5.97 Å². The third-order valence-corrected chi connectivity index (χ3v) is 4.89. The Morgan fingerprint density at radius 3 is 2.23 bits per heavy atom. The van der Waals surface area contributed by atoms with Gasteiger partial charge in [0.15, 0.2) is 11.5 Å². The van der Waals surface area contributed by atoms with Crippen LogP contribution < -0.4 is 25.0 Å². The Bertz CT molecular complexity index is 1230. The minimum atomic E-state index is -0.565. The van der Waals surface area contributed by atoms with Gasteiger partial charge < -0.3 is 19.5 Å². The summed E-state index contributed by atoms with van der Waals surface area (Å²) in [6.07, 6.45) is 1.39. The van der Waals surface area contributed by atoms with Gasteiger partial charge in [-0.05, 0) is 72.3 Å². The van der Waals surface area contributed by atoms with Crippen molar-refractivity contribution in [3.63, 3.8) is 0 Å². The van der Waals surface area contributed by atoms with Crippen LogP contribution in [0.5, 0.6) is 17.2 Å². The molecule has 2 amide bonds. The Balaban J connectivity index is 1.52. The van der Waals surface area contributed by atoms with Crippen molar-refractivity contribution in [2.75, 3.05) is 20.8 Å². The first kappa shape index (κ1) is 25.3. The monoisotopic (exact) mass is 495 g/mol. The summed E-state index contributed by atoms with van der Waals surface area (Å²) in [6.45, 7) is -0.259. The molecule has 2 N–H and O–H groups in total. The molecule has 0 heterocycles. The summed E-state index contributed by atoms with van der Waals surface area (Å²) in [4.78, 5) is 36.4. The van der Waals surface area contributed by atoms with Crippen molar-refractivity contribution in [2.24, 2.45) is 5.10 Å². The number of rotatable bonds is 9. The van der Waals surface area contributed by atoms with Crippen molar-refractivity contribution in [2.45, 2.75) is 0 Å². The molecule has 9 nitrogen and oxygen atoms in total. The molecule has 0 unspecified atom stereocenters. The molecule has 35 heavy (non-hydrogen) atoms. The molecular weight excluding hydrogens is 474 g/mol. The molecule has 3 rings (SSSR count). The van der Waals surface area contributed by atoms with Crippen molar-refractivity contribution in [3.05, 3.63) is 88.4 Å². The number of amides is 2. The van der Waals surface area contributed by atoms with Crippen molar-refractivity contribution < 1.29 is 28.6 Å². The number of esters is 1.